The Labute approximate surface area is 100 Å². The summed E-state index contributed by atoms with van der Waals surface area (Å²) in [7, 11) is 3.46. The van der Waals surface area contributed by atoms with Crippen molar-refractivity contribution in [3.05, 3.63) is 12.3 Å². The van der Waals surface area contributed by atoms with E-state index in [-0.39, 0.29) is 6.03 Å². The number of anilines is 1. The third-order valence-corrected chi connectivity index (χ3v) is 2.92. The minimum absolute atomic E-state index is 0.247. The van der Waals surface area contributed by atoms with Crippen LogP contribution in [0.15, 0.2) is 12.3 Å². The number of nitrogens with zero attached hydrogens (tertiary/aromatic N) is 3. The molecule has 2 amide bonds. The quantitative estimate of drug-likeness (QED) is 0.809. The fourth-order valence-electron chi connectivity index (χ4n) is 1.68. The molecule has 17 heavy (non-hydrogen) atoms. The lowest BCUT2D eigenvalue weighted by Gasteiger charge is -2.20. The second-order valence-corrected chi connectivity index (χ2v) is 4.59. The van der Waals surface area contributed by atoms with Crippen molar-refractivity contribution in [2.75, 3.05) is 18.9 Å². The van der Waals surface area contributed by atoms with Crippen LogP contribution < -0.4 is 5.32 Å². The molecule has 1 unspecified atom stereocenters. The summed E-state index contributed by atoms with van der Waals surface area (Å²) < 4.78 is 1.62. The molecule has 6 heteroatoms. The summed E-state index contributed by atoms with van der Waals surface area (Å²) in [4.78, 5) is 13.2. The monoisotopic (exact) mass is 238 g/mol. The number of hydrogen-bond donors (Lipinski definition) is 2. The molecule has 1 saturated carbocycles. The lowest BCUT2D eigenvalue weighted by molar-refractivity contribution is 0.117. The Bertz CT molecular complexity index is 400. The summed E-state index contributed by atoms with van der Waals surface area (Å²) in [6.45, 7) is 0.364. The minimum Gasteiger partial charge on any atom is -0.391 e. The van der Waals surface area contributed by atoms with E-state index in [0.717, 1.165) is 12.8 Å². The van der Waals surface area contributed by atoms with Crippen molar-refractivity contribution in [3.8, 4) is 0 Å². The summed E-state index contributed by atoms with van der Waals surface area (Å²) in [5.74, 6) is 0.894. The number of aromatic nitrogens is 2. The summed E-state index contributed by atoms with van der Waals surface area (Å²) in [6.07, 6.45) is 3.48. The third-order valence-electron chi connectivity index (χ3n) is 2.92. The van der Waals surface area contributed by atoms with Crippen molar-refractivity contribution in [2.45, 2.75) is 18.9 Å². The normalized spacial score (nSPS) is 16.6. The zero-order valence-electron chi connectivity index (χ0n) is 10.1. The van der Waals surface area contributed by atoms with E-state index in [4.69, 9.17) is 0 Å². The maximum absolute atomic E-state index is 11.8. The van der Waals surface area contributed by atoms with Crippen LogP contribution in [0.3, 0.4) is 0 Å². The second-order valence-electron chi connectivity index (χ2n) is 4.59. The zero-order valence-corrected chi connectivity index (χ0v) is 10.1. The van der Waals surface area contributed by atoms with Gasteiger partial charge in [-0.2, -0.15) is 5.10 Å². The van der Waals surface area contributed by atoms with Gasteiger partial charge in [-0.15, -0.1) is 0 Å². The van der Waals surface area contributed by atoms with Crippen molar-refractivity contribution in [2.24, 2.45) is 13.0 Å². The van der Waals surface area contributed by atoms with Crippen molar-refractivity contribution in [3.63, 3.8) is 0 Å². The van der Waals surface area contributed by atoms with E-state index in [1.54, 1.807) is 31.0 Å². The molecule has 94 valence electrons. The number of aliphatic hydroxyl groups excluding tert-OH is 1. The fourth-order valence-corrected chi connectivity index (χ4v) is 1.68. The lowest BCUT2D eigenvalue weighted by Crippen LogP contribution is -2.38. The first-order valence-electron chi connectivity index (χ1n) is 5.76. The molecule has 0 aromatic carbocycles. The van der Waals surface area contributed by atoms with E-state index in [2.05, 4.69) is 10.4 Å². The second kappa shape index (κ2) is 4.75. The van der Waals surface area contributed by atoms with Crippen LogP contribution in [0.5, 0.6) is 0 Å². The van der Waals surface area contributed by atoms with Crippen molar-refractivity contribution in [1.29, 1.82) is 0 Å². The van der Waals surface area contributed by atoms with Crippen LogP contribution in [0, 0.1) is 5.92 Å². The van der Waals surface area contributed by atoms with Crippen LogP contribution in [-0.2, 0) is 7.05 Å². The molecule has 1 aliphatic rings. The van der Waals surface area contributed by atoms with Gasteiger partial charge in [0.05, 0.1) is 6.10 Å². The number of amides is 2. The molecule has 1 aliphatic carbocycles. The minimum atomic E-state index is -0.408. The number of rotatable bonds is 4. The van der Waals surface area contributed by atoms with E-state index in [9.17, 15) is 9.90 Å². The Morgan fingerprint density at radius 1 is 1.76 bits per heavy atom. The number of nitrogens with one attached hydrogen (secondary N) is 1. The molecule has 2 rings (SSSR count). The molecule has 0 saturated heterocycles. The smallest absolute Gasteiger partial charge is 0.322 e. The summed E-state index contributed by atoms with van der Waals surface area (Å²) >= 11 is 0. The largest absolute Gasteiger partial charge is 0.391 e. The topological polar surface area (TPSA) is 70.4 Å². The molecule has 0 spiro atoms. The maximum Gasteiger partial charge on any atom is 0.322 e. The third kappa shape index (κ3) is 3.20. The standard InChI is InChI=1S/C11H18N4O2/c1-14(7-9(16)8-3-4-8)11(17)12-10-5-6-15(2)13-10/h5-6,8-9,16H,3-4,7H2,1-2H3,(H,12,13,17). The molecule has 1 atom stereocenters. The number of likely N-dealkylation sites (N-methyl/N-ethyl adjacent to an activating group) is 1. The van der Waals surface area contributed by atoms with Crippen LogP contribution >= 0.6 is 0 Å². The van der Waals surface area contributed by atoms with Gasteiger partial charge in [0.15, 0.2) is 5.82 Å². The van der Waals surface area contributed by atoms with Gasteiger partial charge in [-0.25, -0.2) is 4.79 Å². The number of hydrogen-bond acceptors (Lipinski definition) is 3. The van der Waals surface area contributed by atoms with Crippen molar-refractivity contribution >= 4 is 11.8 Å². The molecular formula is C11H18N4O2. The van der Waals surface area contributed by atoms with Gasteiger partial charge in [0.25, 0.3) is 0 Å². The first-order valence-corrected chi connectivity index (χ1v) is 5.76. The molecule has 6 nitrogen and oxygen atoms in total. The summed E-state index contributed by atoms with van der Waals surface area (Å²) in [6, 6.07) is 1.48. The van der Waals surface area contributed by atoms with Crippen LogP contribution in [0.25, 0.3) is 0 Å². The van der Waals surface area contributed by atoms with Crippen LogP contribution in [-0.4, -0.2) is 45.5 Å². The highest BCUT2D eigenvalue weighted by molar-refractivity contribution is 5.88. The van der Waals surface area contributed by atoms with E-state index < -0.39 is 6.10 Å². The van der Waals surface area contributed by atoms with Gasteiger partial charge in [0.1, 0.15) is 0 Å². The maximum atomic E-state index is 11.8. The molecule has 1 fully saturated rings. The Kier molecular flexibility index (Phi) is 3.33. The average molecular weight is 238 g/mol. The summed E-state index contributed by atoms with van der Waals surface area (Å²) in [5, 5.41) is 16.5. The fraction of sp³-hybridized carbons (Fsp3) is 0.636. The Morgan fingerprint density at radius 3 is 3.00 bits per heavy atom. The average Bonchev–Trinajstić information content (AvgIpc) is 3.04. The van der Waals surface area contributed by atoms with Crippen molar-refractivity contribution in [1.82, 2.24) is 14.7 Å². The van der Waals surface area contributed by atoms with Gasteiger partial charge in [-0.1, -0.05) is 0 Å². The van der Waals surface area contributed by atoms with E-state index in [1.165, 1.54) is 4.90 Å². The van der Waals surface area contributed by atoms with Crippen LogP contribution in [0.2, 0.25) is 0 Å². The molecular weight excluding hydrogens is 220 g/mol. The highest BCUT2D eigenvalue weighted by atomic mass is 16.3. The number of aliphatic hydroxyl groups is 1. The van der Waals surface area contributed by atoms with Crippen LogP contribution in [0.4, 0.5) is 10.6 Å². The van der Waals surface area contributed by atoms with Crippen molar-refractivity contribution < 1.29 is 9.90 Å². The highest BCUT2D eigenvalue weighted by Crippen LogP contribution is 2.32. The van der Waals surface area contributed by atoms with E-state index >= 15 is 0 Å². The van der Waals surface area contributed by atoms with E-state index in [1.807, 2.05) is 0 Å². The van der Waals surface area contributed by atoms with Gasteiger partial charge in [-0.05, 0) is 18.8 Å². The Morgan fingerprint density at radius 2 is 2.47 bits per heavy atom. The van der Waals surface area contributed by atoms with Crippen LogP contribution in [0.1, 0.15) is 12.8 Å². The van der Waals surface area contributed by atoms with Gasteiger partial charge in [0.2, 0.25) is 0 Å². The lowest BCUT2D eigenvalue weighted by atomic mass is 10.2. The molecule has 0 aliphatic heterocycles. The van der Waals surface area contributed by atoms with E-state index in [0.29, 0.717) is 18.3 Å². The molecule has 0 radical (unpaired) electrons. The zero-order chi connectivity index (χ0) is 12.4. The number of carbonyl (C=O) groups excluding carboxylic acids is 1. The number of aryl methyl sites for hydroxylation is 1. The Hall–Kier alpha value is -1.56. The SMILES string of the molecule is CN(CC(O)C1CC1)C(=O)Nc1ccn(C)n1. The first-order chi connectivity index (χ1) is 8.06. The van der Waals surface area contributed by atoms with Gasteiger partial charge in [-0.3, -0.25) is 10.00 Å². The number of carbonyl (C=O) groups is 1. The Balaban J connectivity index is 1.82. The highest BCUT2D eigenvalue weighted by Gasteiger charge is 2.31. The van der Waals surface area contributed by atoms with Gasteiger partial charge >= 0.3 is 6.03 Å². The summed E-state index contributed by atoms with van der Waals surface area (Å²) in [5.41, 5.74) is 0. The molecule has 1 heterocycles. The number of urea groups is 1. The van der Waals surface area contributed by atoms with Gasteiger partial charge < -0.3 is 10.0 Å². The molecule has 0 bridgehead atoms. The molecule has 1 aromatic rings. The van der Waals surface area contributed by atoms with Gasteiger partial charge in [0, 0.05) is 32.9 Å². The predicted octanol–water partition coefficient (Wildman–Crippen LogP) is 0.655. The predicted molar refractivity (Wildman–Crippen MR) is 63.6 cm³/mol. The molecule has 1 aromatic heterocycles. The molecule has 2 N–H and O–H groups in total. The first kappa shape index (κ1) is 11.9.